The van der Waals surface area contributed by atoms with E-state index in [-0.39, 0.29) is 22.9 Å². The average molecular weight is 377 g/mol. The molecule has 136 valence electrons. The Bertz CT molecular complexity index is 853. The SMILES string of the molecule is Cc1c(C(=O)OCC(=O)N[C@H](C)c2ccccc2Cl)cccc1[N+](=O)[O-]. The number of nitrogens with one attached hydrogen (secondary N) is 1. The first-order chi connectivity index (χ1) is 12.3. The number of halogens is 1. The number of hydrogen-bond acceptors (Lipinski definition) is 5. The monoisotopic (exact) mass is 376 g/mol. The van der Waals surface area contributed by atoms with E-state index in [1.807, 2.05) is 0 Å². The van der Waals surface area contributed by atoms with Gasteiger partial charge in [-0.15, -0.1) is 0 Å². The summed E-state index contributed by atoms with van der Waals surface area (Å²) >= 11 is 6.08. The van der Waals surface area contributed by atoms with Crippen LogP contribution < -0.4 is 5.32 Å². The number of amides is 1. The Morgan fingerprint density at radius 3 is 2.58 bits per heavy atom. The van der Waals surface area contributed by atoms with E-state index in [1.54, 1.807) is 31.2 Å². The molecule has 7 nitrogen and oxygen atoms in total. The molecule has 1 atom stereocenters. The molecule has 26 heavy (non-hydrogen) atoms. The van der Waals surface area contributed by atoms with Gasteiger partial charge in [0.2, 0.25) is 0 Å². The standard InChI is InChI=1S/C18H17ClN2O5/c1-11-13(7-5-9-16(11)21(24)25)18(23)26-10-17(22)20-12(2)14-6-3-4-8-15(14)19/h3-9,12H,10H2,1-2H3,(H,20,22)/t12-/m1/s1. The maximum atomic E-state index is 12.1. The first kappa shape index (κ1) is 19.4. The first-order valence-electron chi connectivity index (χ1n) is 7.76. The van der Waals surface area contributed by atoms with Gasteiger partial charge in [-0.2, -0.15) is 0 Å². The molecule has 0 saturated carbocycles. The van der Waals surface area contributed by atoms with Gasteiger partial charge in [0.25, 0.3) is 11.6 Å². The van der Waals surface area contributed by atoms with Crippen molar-refractivity contribution >= 4 is 29.2 Å². The number of nitro groups is 1. The third-order valence-electron chi connectivity index (χ3n) is 3.81. The van der Waals surface area contributed by atoms with Gasteiger partial charge in [0.05, 0.1) is 16.5 Å². The van der Waals surface area contributed by atoms with E-state index in [1.165, 1.54) is 25.1 Å². The molecule has 8 heteroatoms. The Hall–Kier alpha value is -2.93. The molecule has 1 amide bonds. The fourth-order valence-electron chi connectivity index (χ4n) is 2.44. The second-order valence-electron chi connectivity index (χ2n) is 5.59. The second kappa shape index (κ2) is 8.44. The zero-order valence-electron chi connectivity index (χ0n) is 14.2. The third kappa shape index (κ3) is 4.58. The van der Waals surface area contributed by atoms with Gasteiger partial charge in [0.1, 0.15) is 0 Å². The number of ether oxygens (including phenoxy) is 1. The Kier molecular flexibility index (Phi) is 6.30. The number of nitrogens with zero attached hydrogens (tertiary/aromatic N) is 1. The molecule has 0 unspecified atom stereocenters. The minimum atomic E-state index is -0.799. The van der Waals surface area contributed by atoms with E-state index in [4.69, 9.17) is 16.3 Å². The van der Waals surface area contributed by atoms with Gasteiger partial charge in [-0.3, -0.25) is 14.9 Å². The predicted molar refractivity (Wildman–Crippen MR) is 96.1 cm³/mol. The molecule has 0 aromatic heterocycles. The zero-order chi connectivity index (χ0) is 19.3. The molecule has 2 aromatic carbocycles. The van der Waals surface area contributed by atoms with Crippen molar-refractivity contribution in [2.24, 2.45) is 0 Å². The Labute approximate surface area is 155 Å². The van der Waals surface area contributed by atoms with Crippen LogP contribution in [-0.4, -0.2) is 23.4 Å². The van der Waals surface area contributed by atoms with E-state index in [0.29, 0.717) is 5.02 Å². The van der Waals surface area contributed by atoms with Crippen LogP contribution in [0.25, 0.3) is 0 Å². The molecule has 0 fully saturated rings. The maximum Gasteiger partial charge on any atom is 0.339 e. The highest BCUT2D eigenvalue weighted by Gasteiger charge is 2.20. The molecule has 0 bridgehead atoms. The van der Waals surface area contributed by atoms with E-state index in [0.717, 1.165) is 5.56 Å². The van der Waals surface area contributed by atoms with Crippen LogP contribution in [0.2, 0.25) is 5.02 Å². The highest BCUT2D eigenvalue weighted by atomic mass is 35.5. The minimum Gasteiger partial charge on any atom is -0.452 e. The lowest BCUT2D eigenvalue weighted by atomic mass is 10.1. The highest BCUT2D eigenvalue weighted by Crippen LogP contribution is 2.23. The topological polar surface area (TPSA) is 98.5 Å². The summed E-state index contributed by atoms with van der Waals surface area (Å²) in [4.78, 5) is 34.4. The number of rotatable bonds is 6. The molecule has 0 radical (unpaired) electrons. The average Bonchev–Trinajstić information content (AvgIpc) is 2.59. The van der Waals surface area contributed by atoms with E-state index in [2.05, 4.69) is 5.32 Å². The van der Waals surface area contributed by atoms with Crippen molar-refractivity contribution in [2.75, 3.05) is 6.61 Å². The van der Waals surface area contributed by atoms with Crippen molar-refractivity contribution in [1.82, 2.24) is 5.32 Å². The fraction of sp³-hybridized carbons (Fsp3) is 0.222. The summed E-state index contributed by atoms with van der Waals surface area (Å²) in [5, 5.41) is 14.1. The van der Waals surface area contributed by atoms with Gasteiger partial charge in [-0.25, -0.2) is 4.79 Å². The van der Waals surface area contributed by atoms with Gasteiger partial charge >= 0.3 is 5.97 Å². The lowest BCUT2D eigenvalue weighted by Crippen LogP contribution is -2.31. The smallest absolute Gasteiger partial charge is 0.339 e. The second-order valence-corrected chi connectivity index (χ2v) is 6.00. The molecule has 2 aromatic rings. The van der Waals surface area contributed by atoms with Gasteiger partial charge in [-0.1, -0.05) is 35.9 Å². The van der Waals surface area contributed by atoms with Crippen LogP contribution in [-0.2, 0) is 9.53 Å². The summed E-state index contributed by atoms with van der Waals surface area (Å²) in [6, 6.07) is 10.8. The van der Waals surface area contributed by atoms with Crippen LogP contribution >= 0.6 is 11.6 Å². The predicted octanol–water partition coefficient (Wildman–Crippen LogP) is 3.59. The molecule has 1 N–H and O–H groups in total. The first-order valence-corrected chi connectivity index (χ1v) is 8.14. The van der Waals surface area contributed by atoms with Crippen molar-refractivity contribution in [3.63, 3.8) is 0 Å². The molecular formula is C18H17ClN2O5. The molecule has 2 rings (SSSR count). The molecule has 0 saturated heterocycles. The van der Waals surface area contributed by atoms with Crippen LogP contribution in [0.4, 0.5) is 5.69 Å². The molecule has 0 aliphatic heterocycles. The summed E-state index contributed by atoms with van der Waals surface area (Å²) in [6.45, 7) is 2.70. The van der Waals surface area contributed by atoms with Crippen molar-refractivity contribution in [1.29, 1.82) is 0 Å². The quantitative estimate of drug-likeness (QED) is 0.472. The van der Waals surface area contributed by atoms with Crippen molar-refractivity contribution in [3.8, 4) is 0 Å². The molecule has 0 aliphatic carbocycles. The summed E-state index contributed by atoms with van der Waals surface area (Å²) in [7, 11) is 0. The normalized spacial score (nSPS) is 11.5. The van der Waals surface area contributed by atoms with Gasteiger partial charge in [0, 0.05) is 16.7 Å². The van der Waals surface area contributed by atoms with Crippen LogP contribution in [0.1, 0.15) is 34.5 Å². The Morgan fingerprint density at radius 1 is 1.23 bits per heavy atom. The van der Waals surface area contributed by atoms with Crippen LogP contribution in [0.15, 0.2) is 42.5 Å². The Morgan fingerprint density at radius 2 is 1.92 bits per heavy atom. The Balaban J connectivity index is 1.97. The summed E-state index contributed by atoms with van der Waals surface area (Å²) in [5.74, 6) is -1.30. The van der Waals surface area contributed by atoms with Gasteiger partial charge in [0.15, 0.2) is 6.61 Å². The maximum absolute atomic E-state index is 12.1. The van der Waals surface area contributed by atoms with Gasteiger partial charge in [-0.05, 0) is 31.5 Å². The largest absolute Gasteiger partial charge is 0.452 e. The molecule has 0 spiro atoms. The number of nitro benzene ring substituents is 1. The number of carbonyl (C=O) groups excluding carboxylic acids is 2. The number of esters is 1. The number of benzene rings is 2. The third-order valence-corrected chi connectivity index (χ3v) is 4.15. The van der Waals surface area contributed by atoms with Crippen LogP contribution in [0.3, 0.4) is 0 Å². The van der Waals surface area contributed by atoms with Crippen molar-refractivity contribution in [2.45, 2.75) is 19.9 Å². The van der Waals surface area contributed by atoms with Gasteiger partial charge < -0.3 is 10.1 Å². The highest BCUT2D eigenvalue weighted by molar-refractivity contribution is 6.31. The van der Waals surface area contributed by atoms with E-state index < -0.39 is 23.4 Å². The lowest BCUT2D eigenvalue weighted by Gasteiger charge is -2.15. The number of hydrogen-bond donors (Lipinski definition) is 1. The van der Waals surface area contributed by atoms with Crippen LogP contribution in [0.5, 0.6) is 0 Å². The number of carbonyl (C=O) groups is 2. The fourth-order valence-corrected chi connectivity index (χ4v) is 2.74. The molecule has 0 aliphatic rings. The van der Waals surface area contributed by atoms with Crippen LogP contribution in [0, 0.1) is 17.0 Å². The van der Waals surface area contributed by atoms with Crippen molar-refractivity contribution in [3.05, 3.63) is 74.3 Å². The minimum absolute atomic E-state index is 0.0474. The van der Waals surface area contributed by atoms with Crippen molar-refractivity contribution < 1.29 is 19.2 Å². The van der Waals surface area contributed by atoms with E-state index >= 15 is 0 Å². The zero-order valence-corrected chi connectivity index (χ0v) is 14.9. The summed E-state index contributed by atoms with van der Waals surface area (Å²) in [5.41, 5.74) is 0.790. The van der Waals surface area contributed by atoms with E-state index in [9.17, 15) is 19.7 Å². The summed E-state index contributed by atoms with van der Waals surface area (Å²) < 4.78 is 4.97. The molecule has 0 heterocycles. The lowest BCUT2D eigenvalue weighted by molar-refractivity contribution is -0.385. The molecular weight excluding hydrogens is 360 g/mol. The summed E-state index contributed by atoms with van der Waals surface area (Å²) in [6.07, 6.45) is 0.